The van der Waals surface area contributed by atoms with Crippen molar-refractivity contribution >= 4 is 33.3 Å². The highest BCUT2D eigenvalue weighted by atomic mass is 32.1. The number of amides is 1. The van der Waals surface area contributed by atoms with Crippen molar-refractivity contribution < 1.29 is 9.53 Å². The van der Waals surface area contributed by atoms with Crippen LogP contribution in [0.4, 0.5) is 5.82 Å². The SMILES string of the molecule is O=C(COc1ccccc1)N1CCN(c2nc(C3CC3)nc3sc4c(c23)CCCCC4)CC1. The molecule has 2 fully saturated rings. The van der Waals surface area contributed by atoms with E-state index in [2.05, 4.69) is 4.90 Å². The maximum atomic E-state index is 12.7. The molecule has 1 amide bonds. The van der Waals surface area contributed by atoms with Gasteiger partial charge >= 0.3 is 0 Å². The van der Waals surface area contributed by atoms with Gasteiger partial charge in [0, 0.05) is 37.0 Å². The number of thiophene rings is 1. The third-order valence-electron chi connectivity index (χ3n) is 7.04. The molecule has 0 radical (unpaired) electrons. The summed E-state index contributed by atoms with van der Waals surface area (Å²) >= 11 is 1.90. The highest BCUT2D eigenvalue weighted by molar-refractivity contribution is 7.19. The summed E-state index contributed by atoms with van der Waals surface area (Å²) in [7, 11) is 0. The van der Waals surface area contributed by atoms with Crippen LogP contribution in [-0.2, 0) is 17.6 Å². The van der Waals surface area contributed by atoms with Crippen LogP contribution >= 0.6 is 11.3 Å². The Labute approximate surface area is 198 Å². The number of piperazine rings is 1. The highest BCUT2D eigenvalue weighted by Gasteiger charge is 2.31. The van der Waals surface area contributed by atoms with E-state index in [0.717, 1.165) is 36.9 Å². The summed E-state index contributed by atoms with van der Waals surface area (Å²) in [5.74, 6) is 3.47. The molecule has 1 aliphatic heterocycles. The Balaban J connectivity index is 1.21. The lowest BCUT2D eigenvalue weighted by atomic mass is 10.1. The molecule has 172 valence electrons. The molecule has 1 aromatic carbocycles. The number of anilines is 1. The molecule has 3 heterocycles. The lowest BCUT2D eigenvalue weighted by Crippen LogP contribution is -2.50. The largest absolute Gasteiger partial charge is 0.484 e. The Morgan fingerprint density at radius 2 is 1.79 bits per heavy atom. The number of rotatable bonds is 5. The van der Waals surface area contributed by atoms with E-state index in [1.807, 2.05) is 46.6 Å². The van der Waals surface area contributed by atoms with Crippen molar-refractivity contribution in [2.24, 2.45) is 0 Å². The van der Waals surface area contributed by atoms with E-state index >= 15 is 0 Å². The Morgan fingerprint density at radius 1 is 1.00 bits per heavy atom. The number of carbonyl (C=O) groups is 1. The van der Waals surface area contributed by atoms with Gasteiger partial charge in [-0.25, -0.2) is 9.97 Å². The van der Waals surface area contributed by atoms with E-state index in [0.29, 0.717) is 19.0 Å². The number of fused-ring (bicyclic) bond motifs is 3. The molecule has 0 N–H and O–H groups in total. The number of carbonyl (C=O) groups excluding carboxylic acids is 1. The van der Waals surface area contributed by atoms with Gasteiger partial charge in [0.15, 0.2) is 6.61 Å². The fourth-order valence-corrected chi connectivity index (χ4v) is 6.27. The molecule has 0 unspecified atom stereocenters. The molecule has 33 heavy (non-hydrogen) atoms. The van der Waals surface area contributed by atoms with Gasteiger partial charge in [0.1, 0.15) is 22.2 Å². The van der Waals surface area contributed by atoms with Crippen molar-refractivity contribution in [1.29, 1.82) is 0 Å². The average Bonchev–Trinajstić information content (AvgIpc) is 3.68. The fraction of sp³-hybridized carbons (Fsp3) is 0.500. The molecule has 6 nitrogen and oxygen atoms in total. The van der Waals surface area contributed by atoms with Crippen LogP contribution in [0.15, 0.2) is 30.3 Å². The van der Waals surface area contributed by atoms with Gasteiger partial charge in [-0.1, -0.05) is 24.6 Å². The van der Waals surface area contributed by atoms with Gasteiger partial charge in [-0.05, 0) is 56.2 Å². The van der Waals surface area contributed by atoms with Crippen molar-refractivity contribution in [2.75, 3.05) is 37.7 Å². The third kappa shape index (κ3) is 4.31. The Kier molecular flexibility index (Phi) is 5.66. The normalized spacial score (nSPS) is 18.8. The van der Waals surface area contributed by atoms with Gasteiger partial charge in [0.05, 0.1) is 5.39 Å². The molecule has 1 saturated heterocycles. The first kappa shape index (κ1) is 20.9. The zero-order chi connectivity index (χ0) is 22.2. The Morgan fingerprint density at radius 3 is 2.58 bits per heavy atom. The van der Waals surface area contributed by atoms with Crippen molar-refractivity contribution in [3.63, 3.8) is 0 Å². The second-order valence-electron chi connectivity index (χ2n) is 9.39. The second-order valence-corrected chi connectivity index (χ2v) is 10.5. The van der Waals surface area contributed by atoms with Gasteiger partial charge < -0.3 is 14.5 Å². The van der Waals surface area contributed by atoms with Crippen LogP contribution < -0.4 is 9.64 Å². The molecule has 6 rings (SSSR count). The lowest BCUT2D eigenvalue weighted by Gasteiger charge is -2.36. The number of aryl methyl sites for hydroxylation is 2. The average molecular weight is 463 g/mol. The third-order valence-corrected chi connectivity index (χ3v) is 8.23. The molecule has 2 aromatic heterocycles. The number of para-hydroxylation sites is 1. The zero-order valence-electron chi connectivity index (χ0n) is 19.0. The zero-order valence-corrected chi connectivity index (χ0v) is 19.8. The van der Waals surface area contributed by atoms with Crippen LogP contribution in [0.25, 0.3) is 10.2 Å². The fourth-order valence-electron chi connectivity index (χ4n) is 5.00. The second kappa shape index (κ2) is 8.93. The predicted octanol–water partition coefficient (Wildman–Crippen LogP) is 4.57. The van der Waals surface area contributed by atoms with Gasteiger partial charge in [0.2, 0.25) is 0 Å². The lowest BCUT2D eigenvalue weighted by molar-refractivity contribution is -0.133. The summed E-state index contributed by atoms with van der Waals surface area (Å²) in [6, 6.07) is 9.54. The minimum atomic E-state index is 0.0504. The molecule has 7 heteroatoms. The first-order valence-corrected chi connectivity index (χ1v) is 13.1. The first-order chi connectivity index (χ1) is 16.3. The van der Waals surface area contributed by atoms with Gasteiger partial charge in [-0.15, -0.1) is 11.3 Å². The van der Waals surface area contributed by atoms with Crippen LogP contribution in [-0.4, -0.2) is 53.6 Å². The molecule has 1 saturated carbocycles. The standard InChI is InChI=1S/C26H30N4O2S/c31-22(17-32-19-7-3-1-4-8-19)29-13-15-30(16-14-29)25-23-20-9-5-2-6-10-21(20)33-26(23)28-24(27-25)18-11-12-18/h1,3-4,7-8,18H,2,5-6,9-17H2. The maximum absolute atomic E-state index is 12.7. The number of hydrogen-bond acceptors (Lipinski definition) is 6. The molecule has 0 bridgehead atoms. The van der Waals surface area contributed by atoms with E-state index in [1.54, 1.807) is 0 Å². The summed E-state index contributed by atoms with van der Waals surface area (Å²) < 4.78 is 5.68. The summed E-state index contributed by atoms with van der Waals surface area (Å²) in [5, 5.41) is 1.30. The van der Waals surface area contributed by atoms with Crippen molar-refractivity contribution in [3.05, 3.63) is 46.6 Å². The Hall–Kier alpha value is -2.67. The van der Waals surface area contributed by atoms with E-state index in [-0.39, 0.29) is 12.5 Å². The molecule has 0 atom stereocenters. The summed E-state index contributed by atoms with van der Waals surface area (Å²) in [5.41, 5.74) is 1.50. The molecular formula is C26H30N4O2S. The monoisotopic (exact) mass is 462 g/mol. The first-order valence-electron chi connectivity index (χ1n) is 12.3. The summed E-state index contributed by atoms with van der Waals surface area (Å²) in [4.78, 5) is 29.9. The van der Waals surface area contributed by atoms with E-state index in [9.17, 15) is 4.79 Å². The van der Waals surface area contributed by atoms with Gasteiger partial charge in [0.25, 0.3) is 5.91 Å². The van der Waals surface area contributed by atoms with Crippen LogP contribution in [0.1, 0.15) is 54.3 Å². The van der Waals surface area contributed by atoms with Crippen molar-refractivity contribution in [3.8, 4) is 5.75 Å². The van der Waals surface area contributed by atoms with Gasteiger partial charge in [-0.3, -0.25) is 4.79 Å². The molecule has 2 aliphatic carbocycles. The van der Waals surface area contributed by atoms with Crippen LogP contribution in [0, 0.1) is 0 Å². The number of nitrogens with zero attached hydrogens (tertiary/aromatic N) is 4. The van der Waals surface area contributed by atoms with E-state index < -0.39 is 0 Å². The maximum Gasteiger partial charge on any atom is 0.260 e. The van der Waals surface area contributed by atoms with Crippen LogP contribution in [0.2, 0.25) is 0 Å². The van der Waals surface area contributed by atoms with Crippen LogP contribution in [0.5, 0.6) is 5.75 Å². The highest BCUT2D eigenvalue weighted by Crippen LogP contribution is 2.44. The Bertz CT molecular complexity index is 1150. The van der Waals surface area contributed by atoms with Gasteiger partial charge in [-0.2, -0.15) is 0 Å². The van der Waals surface area contributed by atoms with E-state index in [4.69, 9.17) is 14.7 Å². The molecule has 3 aromatic rings. The minimum absolute atomic E-state index is 0.0504. The summed E-state index contributed by atoms with van der Waals surface area (Å²) in [6.45, 7) is 3.10. The minimum Gasteiger partial charge on any atom is -0.484 e. The number of benzene rings is 1. The number of hydrogen-bond donors (Lipinski definition) is 0. The van der Waals surface area contributed by atoms with Crippen molar-refractivity contribution in [2.45, 2.75) is 50.9 Å². The number of aromatic nitrogens is 2. The summed E-state index contributed by atoms with van der Waals surface area (Å²) in [6.07, 6.45) is 8.59. The molecular weight excluding hydrogens is 432 g/mol. The van der Waals surface area contributed by atoms with Crippen LogP contribution in [0.3, 0.4) is 0 Å². The molecule has 0 spiro atoms. The predicted molar refractivity (Wildman–Crippen MR) is 131 cm³/mol. The van der Waals surface area contributed by atoms with E-state index in [1.165, 1.54) is 59.2 Å². The van der Waals surface area contributed by atoms with Crippen molar-refractivity contribution in [1.82, 2.24) is 14.9 Å². The molecule has 3 aliphatic rings. The number of ether oxygens (including phenoxy) is 1. The smallest absolute Gasteiger partial charge is 0.260 e. The quantitative estimate of drug-likeness (QED) is 0.520. The topological polar surface area (TPSA) is 58.6 Å².